The zero-order valence-electron chi connectivity index (χ0n) is 9.46. The Labute approximate surface area is 105 Å². The van der Waals surface area contributed by atoms with Crippen LogP contribution in [0.3, 0.4) is 0 Å². The van der Waals surface area contributed by atoms with Crippen molar-refractivity contribution in [2.45, 2.75) is 19.5 Å². The third-order valence-corrected chi connectivity index (χ3v) is 2.76. The molecule has 1 rings (SSSR count). The van der Waals surface area contributed by atoms with E-state index < -0.39 is 12.0 Å². The summed E-state index contributed by atoms with van der Waals surface area (Å²) in [6.07, 6.45) is 0. The number of nitrogens with zero attached hydrogens (tertiary/aromatic N) is 1. The number of hydrazine groups is 1. The number of hydrogen-bond donors (Lipinski definition) is 3. The number of nitrogens with two attached hydrogens (primary N) is 1. The van der Waals surface area contributed by atoms with E-state index in [4.69, 9.17) is 23.2 Å². The molecule has 1 unspecified atom stereocenters. The van der Waals surface area contributed by atoms with Gasteiger partial charge >= 0.3 is 5.97 Å². The maximum Gasteiger partial charge on any atom is 0.326 e. The lowest BCUT2D eigenvalue weighted by Crippen LogP contribution is -2.49. The first kappa shape index (κ1) is 13.4. The van der Waals surface area contributed by atoms with E-state index in [-0.39, 0.29) is 5.11 Å². The van der Waals surface area contributed by atoms with Gasteiger partial charge in [0, 0.05) is 6.54 Å². The Balaban J connectivity index is 2.85. The van der Waals surface area contributed by atoms with Crippen LogP contribution in [-0.2, 0) is 11.3 Å². The highest BCUT2D eigenvalue weighted by atomic mass is 32.1. The zero-order valence-corrected chi connectivity index (χ0v) is 10.3. The highest BCUT2D eigenvalue weighted by Crippen LogP contribution is 2.08. The first-order valence-corrected chi connectivity index (χ1v) is 5.51. The fourth-order valence-electron chi connectivity index (χ4n) is 1.38. The smallest absolute Gasteiger partial charge is 0.326 e. The fourth-order valence-corrected chi connectivity index (χ4v) is 1.60. The largest absolute Gasteiger partial charge is 0.480 e. The van der Waals surface area contributed by atoms with Crippen molar-refractivity contribution in [3.05, 3.63) is 35.9 Å². The molecular formula is C11H15N3O2S. The Hall–Kier alpha value is -1.66. The van der Waals surface area contributed by atoms with Crippen LogP contribution in [0.25, 0.3) is 0 Å². The van der Waals surface area contributed by atoms with Crippen LogP contribution >= 0.6 is 12.2 Å². The van der Waals surface area contributed by atoms with E-state index in [1.165, 1.54) is 4.90 Å². The van der Waals surface area contributed by atoms with Crippen LogP contribution in [0.2, 0.25) is 0 Å². The number of benzene rings is 1. The van der Waals surface area contributed by atoms with Gasteiger partial charge in [0.1, 0.15) is 6.04 Å². The second-order valence-electron chi connectivity index (χ2n) is 3.58. The monoisotopic (exact) mass is 253 g/mol. The summed E-state index contributed by atoms with van der Waals surface area (Å²) < 4.78 is 0. The van der Waals surface area contributed by atoms with Crippen molar-refractivity contribution in [2.75, 3.05) is 0 Å². The fraction of sp³-hybridized carbons (Fsp3) is 0.273. The van der Waals surface area contributed by atoms with Crippen LogP contribution in [0.1, 0.15) is 12.5 Å². The van der Waals surface area contributed by atoms with E-state index in [9.17, 15) is 4.79 Å². The Bertz CT molecular complexity index is 397. The molecule has 1 atom stereocenters. The van der Waals surface area contributed by atoms with Crippen molar-refractivity contribution >= 4 is 23.3 Å². The molecule has 6 heteroatoms. The van der Waals surface area contributed by atoms with Crippen molar-refractivity contribution in [2.24, 2.45) is 5.84 Å². The van der Waals surface area contributed by atoms with Crippen LogP contribution in [0.15, 0.2) is 30.3 Å². The quantitative estimate of drug-likeness (QED) is 0.417. The maximum absolute atomic E-state index is 11.0. The van der Waals surface area contributed by atoms with Gasteiger partial charge in [0.05, 0.1) is 0 Å². The average molecular weight is 253 g/mol. The third-order valence-electron chi connectivity index (χ3n) is 2.40. The van der Waals surface area contributed by atoms with Gasteiger partial charge in [-0.05, 0) is 24.7 Å². The van der Waals surface area contributed by atoms with Crippen molar-refractivity contribution in [1.29, 1.82) is 0 Å². The molecule has 4 N–H and O–H groups in total. The minimum Gasteiger partial charge on any atom is -0.480 e. The summed E-state index contributed by atoms with van der Waals surface area (Å²) in [5.74, 6) is 4.29. The van der Waals surface area contributed by atoms with Crippen LogP contribution in [0.4, 0.5) is 0 Å². The van der Waals surface area contributed by atoms with E-state index in [0.29, 0.717) is 6.54 Å². The Morgan fingerprint density at radius 2 is 2.12 bits per heavy atom. The molecular weight excluding hydrogens is 238 g/mol. The molecule has 0 bridgehead atoms. The molecule has 0 aliphatic carbocycles. The second kappa shape index (κ2) is 6.17. The van der Waals surface area contributed by atoms with Crippen LogP contribution in [0.5, 0.6) is 0 Å². The van der Waals surface area contributed by atoms with E-state index in [0.717, 1.165) is 5.56 Å². The lowest BCUT2D eigenvalue weighted by atomic mass is 10.2. The Kier molecular flexibility index (Phi) is 4.86. The summed E-state index contributed by atoms with van der Waals surface area (Å²) in [6, 6.07) is 8.74. The first-order valence-electron chi connectivity index (χ1n) is 5.10. The number of thiocarbonyl (C=S) groups is 1. The Morgan fingerprint density at radius 3 is 2.59 bits per heavy atom. The summed E-state index contributed by atoms with van der Waals surface area (Å²) in [4.78, 5) is 12.5. The standard InChI is InChI=1S/C11H15N3O2S/c1-8(10(15)16)14(11(17)13-12)7-9-5-3-2-4-6-9/h2-6,8H,7,12H2,1H3,(H,13,17)(H,15,16). The topological polar surface area (TPSA) is 78.6 Å². The summed E-state index contributed by atoms with van der Waals surface area (Å²) in [5.41, 5.74) is 3.29. The van der Waals surface area contributed by atoms with Gasteiger partial charge in [-0.1, -0.05) is 30.3 Å². The highest BCUT2D eigenvalue weighted by Gasteiger charge is 2.22. The van der Waals surface area contributed by atoms with Gasteiger partial charge in [-0.2, -0.15) is 0 Å². The van der Waals surface area contributed by atoms with Gasteiger partial charge in [-0.25, -0.2) is 10.6 Å². The summed E-state index contributed by atoms with van der Waals surface area (Å²) in [5, 5.41) is 9.22. The molecule has 0 saturated heterocycles. The molecule has 92 valence electrons. The van der Waals surface area contributed by atoms with Crippen molar-refractivity contribution in [3.8, 4) is 0 Å². The molecule has 0 aromatic heterocycles. The van der Waals surface area contributed by atoms with Gasteiger partial charge in [0.2, 0.25) is 0 Å². The van der Waals surface area contributed by atoms with Crippen molar-refractivity contribution in [1.82, 2.24) is 10.3 Å². The molecule has 0 spiro atoms. The normalized spacial score (nSPS) is 11.6. The molecule has 5 nitrogen and oxygen atoms in total. The lowest BCUT2D eigenvalue weighted by Gasteiger charge is -2.28. The van der Waals surface area contributed by atoms with Gasteiger partial charge in [-0.3, -0.25) is 0 Å². The number of rotatable bonds is 4. The molecule has 17 heavy (non-hydrogen) atoms. The predicted molar refractivity (Wildman–Crippen MR) is 69.0 cm³/mol. The van der Waals surface area contributed by atoms with Crippen molar-refractivity contribution in [3.63, 3.8) is 0 Å². The zero-order chi connectivity index (χ0) is 12.8. The lowest BCUT2D eigenvalue weighted by molar-refractivity contribution is -0.141. The first-order chi connectivity index (χ1) is 8.06. The van der Waals surface area contributed by atoms with E-state index >= 15 is 0 Å². The number of carboxylic acids is 1. The van der Waals surface area contributed by atoms with Gasteiger partial charge in [-0.15, -0.1) is 0 Å². The summed E-state index contributed by atoms with van der Waals surface area (Å²) >= 11 is 5.00. The number of carboxylic acid groups (broad SMARTS) is 1. The molecule has 0 amide bonds. The van der Waals surface area contributed by atoms with Gasteiger partial charge in [0.25, 0.3) is 0 Å². The number of hydrogen-bond acceptors (Lipinski definition) is 3. The molecule has 0 aliphatic heterocycles. The molecule has 0 radical (unpaired) electrons. The van der Waals surface area contributed by atoms with Gasteiger partial charge in [0.15, 0.2) is 5.11 Å². The predicted octanol–water partition coefficient (Wildman–Crippen LogP) is 0.710. The SMILES string of the molecule is CC(C(=O)O)N(Cc1ccccc1)C(=S)NN. The van der Waals surface area contributed by atoms with E-state index in [1.54, 1.807) is 6.92 Å². The average Bonchev–Trinajstić information content (AvgIpc) is 2.35. The van der Waals surface area contributed by atoms with E-state index in [2.05, 4.69) is 5.43 Å². The summed E-state index contributed by atoms with van der Waals surface area (Å²) in [6.45, 7) is 1.96. The molecule has 0 saturated carbocycles. The molecule has 0 aliphatic rings. The molecule has 0 fully saturated rings. The van der Waals surface area contributed by atoms with Crippen LogP contribution in [-0.4, -0.2) is 27.1 Å². The van der Waals surface area contributed by atoms with Gasteiger partial charge < -0.3 is 15.4 Å². The highest BCUT2D eigenvalue weighted by molar-refractivity contribution is 7.80. The minimum absolute atomic E-state index is 0.212. The van der Waals surface area contributed by atoms with E-state index in [1.807, 2.05) is 30.3 Å². The molecule has 1 aromatic rings. The number of carbonyl (C=O) groups is 1. The minimum atomic E-state index is -0.946. The maximum atomic E-state index is 11.0. The number of nitrogens with one attached hydrogen (secondary N) is 1. The Morgan fingerprint density at radius 1 is 1.53 bits per heavy atom. The molecule has 0 heterocycles. The number of aliphatic carboxylic acids is 1. The molecule has 1 aromatic carbocycles. The van der Waals surface area contributed by atoms with Crippen LogP contribution < -0.4 is 11.3 Å². The second-order valence-corrected chi connectivity index (χ2v) is 3.96. The third kappa shape index (κ3) is 3.69. The van der Waals surface area contributed by atoms with Crippen LogP contribution in [0, 0.1) is 0 Å². The summed E-state index contributed by atoms with van der Waals surface area (Å²) in [7, 11) is 0. The van der Waals surface area contributed by atoms with Crippen molar-refractivity contribution < 1.29 is 9.90 Å².